The van der Waals surface area contributed by atoms with Crippen LogP contribution in [0, 0.1) is 13.8 Å². The number of hydrogen-bond acceptors (Lipinski definition) is 3. The molecule has 1 aromatic carbocycles. The van der Waals surface area contributed by atoms with E-state index in [1.807, 2.05) is 13.8 Å². The van der Waals surface area contributed by atoms with Crippen molar-refractivity contribution in [2.24, 2.45) is 0 Å². The van der Waals surface area contributed by atoms with Gasteiger partial charge < -0.3 is 9.73 Å². The smallest absolute Gasteiger partial charge is 0.251 e. The number of nitrogens with one attached hydrogen (secondary N) is 1. The molecule has 4 nitrogen and oxygen atoms in total. The molecule has 2 rings (SSSR count). The summed E-state index contributed by atoms with van der Waals surface area (Å²) in [4.78, 5) is 16.1. The number of aromatic nitrogens is 1. The maximum Gasteiger partial charge on any atom is 0.251 e. The Morgan fingerprint density at radius 1 is 1.26 bits per heavy atom. The molecule has 1 amide bonds. The normalized spacial score (nSPS) is 10.5. The van der Waals surface area contributed by atoms with Gasteiger partial charge in [0.1, 0.15) is 5.76 Å². The third kappa shape index (κ3) is 3.49. The number of hydrogen-bond donors (Lipinski definition) is 1. The molecule has 0 unspecified atom stereocenters. The highest BCUT2D eigenvalue weighted by molar-refractivity contribution is 6.35. The molecule has 0 bridgehead atoms. The maximum absolute atomic E-state index is 11.9. The molecular formula is C13H12Cl2N2O2. The zero-order chi connectivity index (χ0) is 14.0. The average molecular weight is 299 g/mol. The summed E-state index contributed by atoms with van der Waals surface area (Å²) in [5, 5.41) is 3.53. The van der Waals surface area contributed by atoms with Gasteiger partial charge in [-0.2, -0.15) is 0 Å². The number of oxazole rings is 1. The number of aryl methyl sites for hydroxylation is 2. The summed E-state index contributed by atoms with van der Waals surface area (Å²) in [6, 6.07) is 4.67. The van der Waals surface area contributed by atoms with E-state index in [9.17, 15) is 4.79 Å². The summed E-state index contributed by atoms with van der Waals surface area (Å²) in [5.74, 6) is 0.935. The summed E-state index contributed by atoms with van der Waals surface area (Å²) in [7, 11) is 0. The van der Waals surface area contributed by atoms with Crippen molar-refractivity contribution in [1.29, 1.82) is 0 Å². The minimum Gasteiger partial charge on any atom is -0.444 e. The van der Waals surface area contributed by atoms with Crippen LogP contribution in [0.2, 0.25) is 10.0 Å². The second kappa shape index (κ2) is 5.63. The predicted octanol–water partition coefficient (Wildman–Crippen LogP) is 3.53. The van der Waals surface area contributed by atoms with Crippen LogP contribution in [0.3, 0.4) is 0 Å². The number of nitrogens with zero attached hydrogens (tertiary/aromatic N) is 1. The van der Waals surface area contributed by atoms with Crippen LogP contribution in [-0.2, 0) is 6.54 Å². The van der Waals surface area contributed by atoms with Crippen molar-refractivity contribution < 1.29 is 9.21 Å². The average Bonchev–Trinajstić information content (AvgIpc) is 2.64. The first kappa shape index (κ1) is 13.9. The highest BCUT2D eigenvalue weighted by atomic mass is 35.5. The minimum atomic E-state index is -0.280. The lowest BCUT2D eigenvalue weighted by atomic mass is 10.2. The Labute approximate surface area is 120 Å². The first-order valence-electron chi connectivity index (χ1n) is 5.63. The number of benzene rings is 1. The summed E-state index contributed by atoms with van der Waals surface area (Å²) in [6.07, 6.45) is 0. The van der Waals surface area contributed by atoms with Gasteiger partial charge in [0.15, 0.2) is 0 Å². The van der Waals surface area contributed by atoms with Crippen LogP contribution in [0.5, 0.6) is 0 Å². The molecule has 0 saturated heterocycles. The summed E-state index contributed by atoms with van der Waals surface area (Å²) < 4.78 is 5.37. The van der Waals surface area contributed by atoms with E-state index in [1.54, 1.807) is 18.2 Å². The van der Waals surface area contributed by atoms with E-state index in [1.165, 1.54) is 0 Å². The molecule has 1 aromatic heterocycles. The number of amides is 1. The van der Waals surface area contributed by atoms with E-state index in [0.29, 0.717) is 21.5 Å². The van der Waals surface area contributed by atoms with Gasteiger partial charge in [0.25, 0.3) is 5.91 Å². The Morgan fingerprint density at radius 3 is 2.42 bits per heavy atom. The van der Waals surface area contributed by atoms with E-state index < -0.39 is 0 Å². The SMILES string of the molecule is Cc1nc(CNC(=O)c2cc(Cl)cc(Cl)c2)oc1C. The molecule has 1 N–H and O–H groups in total. The van der Waals surface area contributed by atoms with E-state index in [4.69, 9.17) is 27.6 Å². The Bertz CT molecular complexity index is 583. The molecule has 6 heteroatoms. The zero-order valence-corrected chi connectivity index (χ0v) is 12.0. The fourth-order valence-corrected chi connectivity index (χ4v) is 2.08. The van der Waals surface area contributed by atoms with Gasteiger partial charge in [0.05, 0.1) is 12.2 Å². The van der Waals surface area contributed by atoms with Crippen LogP contribution in [-0.4, -0.2) is 10.9 Å². The van der Waals surface area contributed by atoms with Crippen LogP contribution in [0.4, 0.5) is 0 Å². The summed E-state index contributed by atoms with van der Waals surface area (Å²) in [6.45, 7) is 3.89. The van der Waals surface area contributed by atoms with Crippen LogP contribution in [0.1, 0.15) is 27.7 Å². The van der Waals surface area contributed by atoms with E-state index in [2.05, 4.69) is 10.3 Å². The molecule has 0 aliphatic carbocycles. The number of carbonyl (C=O) groups is 1. The Balaban J connectivity index is 2.05. The third-order valence-electron chi connectivity index (χ3n) is 2.60. The van der Waals surface area contributed by atoms with E-state index >= 15 is 0 Å². The molecule has 0 fully saturated rings. The molecule has 0 aliphatic heterocycles. The van der Waals surface area contributed by atoms with Crippen molar-refractivity contribution in [2.75, 3.05) is 0 Å². The Morgan fingerprint density at radius 2 is 1.89 bits per heavy atom. The molecule has 0 radical (unpaired) electrons. The quantitative estimate of drug-likeness (QED) is 0.943. The van der Waals surface area contributed by atoms with Crippen molar-refractivity contribution in [1.82, 2.24) is 10.3 Å². The molecular weight excluding hydrogens is 287 g/mol. The van der Waals surface area contributed by atoms with Gasteiger partial charge in [-0.25, -0.2) is 4.98 Å². The van der Waals surface area contributed by atoms with Crippen molar-refractivity contribution in [3.63, 3.8) is 0 Å². The Kier molecular flexibility index (Phi) is 4.12. The van der Waals surface area contributed by atoms with Gasteiger partial charge in [-0.05, 0) is 32.0 Å². The van der Waals surface area contributed by atoms with Gasteiger partial charge >= 0.3 is 0 Å². The van der Waals surface area contributed by atoms with Crippen LogP contribution < -0.4 is 5.32 Å². The molecule has 0 spiro atoms. The molecule has 1 heterocycles. The van der Waals surface area contributed by atoms with E-state index in [0.717, 1.165) is 11.5 Å². The topological polar surface area (TPSA) is 55.1 Å². The Hall–Kier alpha value is -1.52. The third-order valence-corrected chi connectivity index (χ3v) is 3.03. The highest BCUT2D eigenvalue weighted by Gasteiger charge is 2.10. The predicted molar refractivity (Wildman–Crippen MR) is 73.6 cm³/mol. The van der Waals surface area contributed by atoms with Crippen molar-refractivity contribution >= 4 is 29.1 Å². The van der Waals surface area contributed by atoms with Crippen LogP contribution >= 0.6 is 23.2 Å². The monoisotopic (exact) mass is 298 g/mol. The first-order valence-corrected chi connectivity index (χ1v) is 6.38. The number of halogens is 2. The standard InChI is InChI=1S/C13H12Cl2N2O2/c1-7-8(2)19-12(17-7)6-16-13(18)9-3-10(14)5-11(15)4-9/h3-5H,6H2,1-2H3,(H,16,18). The molecule has 0 aliphatic rings. The minimum absolute atomic E-state index is 0.220. The molecule has 0 atom stereocenters. The van der Waals surface area contributed by atoms with Gasteiger partial charge in [0.2, 0.25) is 5.89 Å². The summed E-state index contributed by atoms with van der Waals surface area (Å²) >= 11 is 11.7. The van der Waals surface area contributed by atoms with Crippen LogP contribution in [0.15, 0.2) is 22.6 Å². The fraction of sp³-hybridized carbons (Fsp3) is 0.231. The zero-order valence-electron chi connectivity index (χ0n) is 10.5. The van der Waals surface area contributed by atoms with Crippen molar-refractivity contribution in [3.05, 3.63) is 51.2 Å². The van der Waals surface area contributed by atoms with Gasteiger partial charge in [0, 0.05) is 15.6 Å². The summed E-state index contributed by atoms with van der Waals surface area (Å²) in [5.41, 5.74) is 1.22. The number of rotatable bonds is 3. The lowest BCUT2D eigenvalue weighted by molar-refractivity contribution is 0.0947. The van der Waals surface area contributed by atoms with E-state index in [-0.39, 0.29) is 12.5 Å². The van der Waals surface area contributed by atoms with Gasteiger partial charge in [-0.3, -0.25) is 4.79 Å². The second-order valence-electron chi connectivity index (χ2n) is 4.09. The molecule has 2 aromatic rings. The van der Waals surface area contributed by atoms with Crippen LogP contribution in [0.25, 0.3) is 0 Å². The first-order chi connectivity index (χ1) is 8.95. The van der Waals surface area contributed by atoms with Gasteiger partial charge in [-0.1, -0.05) is 23.2 Å². The van der Waals surface area contributed by atoms with Crippen molar-refractivity contribution in [2.45, 2.75) is 20.4 Å². The maximum atomic E-state index is 11.9. The highest BCUT2D eigenvalue weighted by Crippen LogP contribution is 2.19. The fourth-order valence-electron chi connectivity index (χ4n) is 1.56. The lowest BCUT2D eigenvalue weighted by Gasteiger charge is -2.04. The number of carbonyl (C=O) groups excluding carboxylic acids is 1. The second-order valence-corrected chi connectivity index (χ2v) is 4.96. The van der Waals surface area contributed by atoms with Crippen molar-refractivity contribution in [3.8, 4) is 0 Å². The van der Waals surface area contributed by atoms with Gasteiger partial charge in [-0.15, -0.1) is 0 Å². The molecule has 0 saturated carbocycles. The molecule has 100 valence electrons. The lowest BCUT2D eigenvalue weighted by Crippen LogP contribution is -2.22. The molecule has 19 heavy (non-hydrogen) atoms. The largest absolute Gasteiger partial charge is 0.444 e.